The van der Waals surface area contributed by atoms with Crippen molar-refractivity contribution >= 4 is 11.6 Å². The van der Waals surface area contributed by atoms with Crippen molar-refractivity contribution in [2.45, 2.75) is 20.0 Å². The van der Waals surface area contributed by atoms with Gasteiger partial charge in [0.2, 0.25) is 0 Å². The number of carbonyl (C=O) groups excluding carboxylic acids is 1. The van der Waals surface area contributed by atoms with Crippen LogP contribution in [0.4, 0.5) is 23.2 Å². The van der Waals surface area contributed by atoms with Gasteiger partial charge >= 0.3 is 6.18 Å². The van der Waals surface area contributed by atoms with Crippen molar-refractivity contribution in [3.8, 4) is 16.9 Å². The molecule has 0 bridgehead atoms. The average Bonchev–Trinajstić information content (AvgIpc) is 3.13. The van der Waals surface area contributed by atoms with Crippen LogP contribution in [0.2, 0.25) is 0 Å². The van der Waals surface area contributed by atoms with E-state index in [1.165, 1.54) is 47.3 Å². The molecule has 0 aliphatic carbocycles. The number of hydrogen-bond acceptors (Lipinski definition) is 2. The predicted octanol–water partition coefficient (Wildman–Crippen LogP) is 6.57. The normalized spacial score (nSPS) is 11.5. The summed E-state index contributed by atoms with van der Waals surface area (Å²) in [5.41, 5.74) is 1.01. The minimum absolute atomic E-state index is 0.0632. The maximum Gasteiger partial charge on any atom is 0.417 e. The molecular formula is C25H19F4N3O. The lowest BCUT2D eigenvalue weighted by molar-refractivity contribution is -0.137. The van der Waals surface area contributed by atoms with Gasteiger partial charge in [0.15, 0.2) is 0 Å². The molecule has 2 aromatic carbocycles. The van der Waals surface area contributed by atoms with E-state index in [4.69, 9.17) is 0 Å². The monoisotopic (exact) mass is 453 g/mol. The highest BCUT2D eigenvalue weighted by atomic mass is 19.4. The molecule has 0 aliphatic heterocycles. The van der Waals surface area contributed by atoms with E-state index in [1.807, 2.05) is 0 Å². The molecule has 33 heavy (non-hydrogen) atoms. The van der Waals surface area contributed by atoms with Crippen LogP contribution in [0.3, 0.4) is 0 Å². The van der Waals surface area contributed by atoms with E-state index in [9.17, 15) is 22.4 Å². The number of rotatable bonds is 4. The fourth-order valence-electron chi connectivity index (χ4n) is 3.67. The minimum atomic E-state index is -4.59. The molecule has 0 saturated heterocycles. The fourth-order valence-corrected chi connectivity index (χ4v) is 3.67. The van der Waals surface area contributed by atoms with Gasteiger partial charge in [-0.1, -0.05) is 24.3 Å². The Morgan fingerprint density at radius 2 is 1.79 bits per heavy atom. The first-order valence-corrected chi connectivity index (χ1v) is 10.0. The number of hydrogen-bond donors (Lipinski definition) is 1. The Labute approximate surface area is 187 Å². The van der Waals surface area contributed by atoms with Gasteiger partial charge in [0.1, 0.15) is 5.82 Å². The number of aryl methyl sites for hydroxylation is 1. The number of benzene rings is 2. The van der Waals surface area contributed by atoms with Gasteiger partial charge in [-0.25, -0.2) is 4.39 Å². The van der Waals surface area contributed by atoms with E-state index in [1.54, 1.807) is 38.2 Å². The summed E-state index contributed by atoms with van der Waals surface area (Å²) in [6, 6.07) is 12.8. The summed E-state index contributed by atoms with van der Waals surface area (Å²) in [4.78, 5) is 17.1. The summed E-state index contributed by atoms with van der Waals surface area (Å²) in [5.74, 6) is -1.04. The molecule has 0 saturated carbocycles. The third-order valence-corrected chi connectivity index (χ3v) is 5.34. The Hall–Kier alpha value is -3.94. The van der Waals surface area contributed by atoms with Crippen LogP contribution in [0.5, 0.6) is 0 Å². The number of carbonyl (C=O) groups is 1. The van der Waals surface area contributed by atoms with Crippen LogP contribution in [0.25, 0.3) is 16.9 Å². The summed E-state index contributed by atoms with van der Waals surface area (Å²) >= 11 is 0. The second kappa shape index (κ2) is 8.54. The molecule has 8 heteroatoms. The summed E-state index contributed by atoms with van der Waals surface area (Å²) in [7, 11) is 0. The largest absolute Gasteiger partial charge is 0.417 e. The van der Waals surface area contributed by atoms with Crippen molar-refractivity contribution in [2.75, 3.05) is 5.32 Å². The number of aromatic nitrogens is 2. The molecule has 2 aromatic heterocycles. The van der Waals surface area contributed by atoms with E-state index in [0.717, 1.165) is 6.07 Å². The molecule has 4 nitrogen and oxygen atoms in total. The van der Waals surface area contributed by atoms with Crippen LogP contribution in [0, 0.1) is 19.7 Å². The zero-order chi connectivity index (χ0) is 23.8. The SMILES string of the molecule is Cc1ccc(NC(=O)c2cn(-c3cccnc3)c(-c3ccccc3C(F)(F)F)c2C)cc1F. The molecule has 1 amide bonds. The Bertz CT molecular complexity index is 1330. The first-order chi connectivity index (χ1) is 15.7. The maximum atomic E-state index is 13.9. The van der Waals surface area contributed by atoms with E-state index < -0.39 is 23.5 Å². The highest BCUT2D eigenvalue weighted by molar-refractivity contribution is 6.06. The number of amides is 1. The van der Waals surface area contributed by atoms with Crippen molar-refractivity contribution in [1.82, 2.24) is 9.55 Å². The van der Waals surface area contributed by atoms with Gasteiger partial charge in [0, 0.05) is 23.6 Å². The first kappa shape index (κ1) is 22.3. The van der Waals surface area contributed by atoms with Crippen molar-refractivity contribution in [3.05, 3.63) is 101 Å². The molecule has 4 aromatic rings. The van der Waals surface area contributed by atoms with E-state index in [2.05, 4.69) is 10.3 Å². The van der Waals surface area contributed by atoms with Crippen LogP contribution in [-0.4, -0.2) is 15.5 Å². The summed E-state index contributed by atoms with van der Waals surface area (Å²) in [6.45, 7) is 3.18. The van der Waals surface area contributed by atoms with Gasteiger partial charge in [-0.3, -0.25) is 9.78 Å². The third-order valence-electron chi connectivity index (χ3n) is 5.34. The molecule has 4 rings (SSSR count). The maximum absolute atomic E-state index is 13.9. The molecule has 168 valence electrons. The van der Waals surface area contributed by atoms with Crippen molar-refractivity contribution < 1.29 is 22.4 Å². The smallest absolute Gasteiger partial charge is 0.322 e. The number of halogens is 4. The Morgan fingerprint density at radius 1 is 1.03 bits per heavy atom. The lowest BCUT2D eigenvalue weighted by Gasteiger charge is -2.16. The van der Waals surface area contributed by atoms with E-state index >= 15 is 0 Å². The number of nitrogens with zero attached hydrogens (tertiary/aromatic N) is 2. The zero-order valence-corrected chi connectivity index (χ0v) is 17.7. The van der Waals surface area contributed by atoms with Gasteiger partial charge in [-0.2, -0.15) is 13.2 Å². The van der Waals surface area contributed by atoms with Gasteiger partial charge in [-0.15, -0.1) is 0 Å². The van der Waals surface area contributed by atoms with Gasteiger partial charge in [0.25, 0.3) is 5.91 Å². The lowest BCUT2D eigenvalue weighted by Crippen LogP contribution is -2.12. The zero-order valence-electron chi connectivity index (χ0n) is 17.7. The van der Waals surface area contributed by atoms with Gasteiger partial charge in [-0.05, 0) is 55.3 Å². The molecule has 0 radical (unpaired) electrons. The van der Waals surface area contributed by atoms with Crippen molar-refractivity contribution in [3.63, 3.8) is 0 Å². The molecule has 0 fully saturated rings. The second-order valence-corrected chi connectivity index (χ2v) is 7.56. The number of pyridine rings is 1. The van der Waals surface area contributed by atoms with Gasteiger partial charge in [0.05, 0.1) is 28.7 Å². The van der Waals surface area contributed by atoms with Crippen molar-refractivity contribution in [1.29, 1.82) is 0 Å². The van der Waals surface area contributed by atoms with Crippen LogP contribution >= 0.6 is 0 Å². The number of alkyl halides is 3. The lowest BCUT2D eigenvalue weighted by atomic mass is 10.00. The molecule has 0 atom stereocenters. The highest BCUT2D eigenvalue weighted by Gasteiger charge is 2.35. The molecule has 0 spiro atoms. The van der Waals surface area contributed by atoms with Gasteiger partial charge < -0.3 is 9.88 Å². The topological polar surface area (TPSA) is 46.9 Å². The quantitative estimate of drug-likeness (QED) is 0.356. The summed E-state index contributed by atoms with van der Waals surface area (Å²) in [5, 5.41) is 2.63. The average molecular weight is 453 g/mol. The van der Waals surface area contributed by atoms with Crippen LogP contribution < -0.4 is 5.32 Å². The summed E-state index contributed by atoms with van der Waals surface area (Å²) in [6.07, 6.45) is -0.0808. The highest BCUT2D eigenvalue weighted by Crippen LogP contribution is 2.40. The predicted molar refractivity (Wildman–Crippen MR) is 118 cm³/mol. The number of anilines is 1. The minimum Gasteiger partial charge on any atom is -0.322 e. The Balaban J connectivity index is 1.87. The Kier molecular flexibility index (Phi) is 5.76. The molecule has 0 unspecified atom stereocenters. The third kappa shape index (κ3) is 4.37. The van der Waals surface area contributed by atoms with E-state index in [-0.39, 0.29) is 22.5 Å². The molecule has 2 heterocycles. The fraction of sp³-hybridized carbons (Fsp3) is 0.120. The van der Waals surface area contributed by atoms with E-state index in [0.29, 0.717) is 16.8 Å². The number of nitrogens with one attached hydrogen (secondary N) is 1. The Morgan fingerprint density at radius 3 is 2.45 bits per heavy atom. The first-order valence-electron chi connectivity index (χ1n) is 10.0. The molecular weight excluding hydrogens is 434 g/mol. The van der Waals surface area contributed by atoms with Crippen LogP contribution in [0.1, 0.15) is 27.0 Å². The molecule has 0 aliphatic rings. The van der Waals surface area contributed by atoms with Crippen LogP contribution in [0.15, 0.2) is 73.2 Å². The standard InChI is InChI=1S/C25H19F4N3O/c1-15-9-10-17(12-22(15)26)31-24(33)20-14-32(18-6-5-11-30-13-18)23(16(20)2)19-7-3-4-8-21(19)25(27,28)29/h3-14H,1-2H3,(H,31,33). The molecule has 1 N–H and O–H groups in total. The van der Waals surface area contributed by atoms with Crippen LogP contribution in [-0.2, 0) is 6.18 Å². The van der Waals surface area contributed by atoms with Crippen molar-refractivity contribution in [2.24, 2.45) is 0 Å². The second-order valence-electron chi connectivity index (χ2n) is 7.56. The summed E-state index contributed by atoms with van der Waals surface area (Å²) < 4.78 is 56.8.